The molecule has 0 atom stereocenters. The molecular weight excluding hydrogens is 404 g/mol. The predicted octanol–water partition coefficient (Wildman–Crippen LogP) is 1.44. The van der Waals surface area contributed by atoms with Gasteiger partial charge >= 0.3 is 0 Å². The summed E-state index contributed by atoms with van der Waals surface area (Å²) in [6.45, 7) is 4.32. The lowest BCUT2D eigenvalue weighted by molar-refractivity contribution is -0.122. The van der Waals surface area contributed by atoms with Crippen LogP contribution in [-0.2, 0) is 21.2 Å². The quantitative estimate of drug-likeness (QED) is 0.751. The van der Waals surface area contributed by atoms with Gasteiger partial charge in [-0.3, -0.25) is 9.59 Å². The highest BCUT2D eigenvalue weighted by atomic mass is 32.2. The van der Waals surface area contributed by atoms with Gasteiger partial charge in [0.05, 0.1) is 11.4 Å². The van der Waals surface area contributed by atoms with Gasteiger partial charge in [0.2, 0.25) is 15.9 Å². The molecule has 0 saturated carbocycles. The fourth-order valence-electron chi connectivity index (χ4n) is 3.80. The molecule has 0 aliphatic carbocycles. The van der Waals surface area contributed by atoms with Crippen molar-refractivity contribution in [2.24, 2.45) is 0 Å². The first-order chi connectivity index (χ1) is 14.4. The van der Waals surface area contributed by atoms with Crippen LogP contribution in [0.3, 0.4) is 0 Å². The van der Waals surface area contributed by atoms with Crippen LogP contribution in [0.25, 0.3) is 0 Å². The van der Waals surface area contributed by atoms with Crippen LogP contribution in [0, 0.1) is 0 Å². The van der Waals surface area contributed by atoms with Crippen molar-refractivity contribution in [3.05, 3.63) is 53.6 Å². The summed E-state index contributed by atoms with van der Waals surface area (Å²) in [5, 5.41) is 5.49. The van der Waals surface area contributed by atoms with E-state index < -0.39 is 10.0 Å². The van der Waals surface area contributed by atoms with E-state index in [-0.39, 0.29) is 36.3 Å². The number of fused-ring (bicyclic) bond motifs is 1. The Kier molecular flexibility index (Phi) is 5.48. The third-order valence-corrected chi connectivity index (χ3v) is 7.33. The van der Waals surface area contributed by atoms with Gasteiger partial charge in [-0.15, -0.1) is 0 Å². The van der Waals surface area contributed by atoms with Crippen molar-refractivity contribution in [3.63, 3.8) is 0 Å². The van der Waals surface area contributed by atoms with Crippen LogP contribution in [0.4, 0.5) is 11.4 Å². The normalized spacial score (nSPS) is 16.8. The molecule has 0 aromatic heterocycles. The maximum Gasteiger partial charge on any atom is 0.255 e. The van der Waals surface area contributed by atoms with E-state index in [9.17, 15) is 18.0 Å². The van der Waals surface area contributed by atoms with Crippen molar-refractivity contribution in [1.82, 2.24) is 9.62 Å². The molecule has 2 aliphatic rings. The van der Waals surface area contributed by atoms with Crippen LogP contribution in [0.1, 0.15) is 22.8 Å². The second-order valence-corrected chi connectivity index (χ2v) is 9.28. The van der Waals surface area contributed by atoms with Gasteiger partial charge in [0.15, 0.2) is 0 Å². The minimum Gasteiger partial charge on any atom is -0.371 e. The Morgan fingerprint density at radius 2 is 1.90 bits per heavy atom. The fraction of sp³-hybridized carbons (Fsp3) is 0.333. The number of piperazine rings is 1. The van der Waals surface area contributed by atoms with Crippen LogP contribution in [0.5, 0.6) is 0 Å². The average Bonchev–Trinajstić information content (AvgIpc) is 3.16. The highest BCUT2D eigenvalue weighted by Crippen LogP contribution is 2.30. The molecular formula is C21H24N4O4S. The first kappa shape index (κ1) is 20.4. The molecule has 2 aromatic carbocycles. The van der Waals surface area contributed by atoms with Crippen LogP contribution in [0.2, 0.25) is 0 Å². The number of nitrogens with zero attached hydrogens (tertiary/aromatic N) is 2. The van der Waals surface area contributed by atoms with Gasteiger partial charge in [0.25, 0.3) is 5.91 Å². The van der Waals surface area contributed by atoms with Crippen molar-refractivity contribution >= 4 is 33.2 Å². The zero-order chi connectivity index (χ0) is 21.3. The molecule has 1 saturated heterocycles. The minimum absolute atomic E-state index is 0.0601. The number of nitrogens with one attached hydrogen (secondary N) is 2. The van der Waals surface area contributed by atoms with Gasteiger partial charge in [-0.2, -0.15) is 4.31 Å². The van der Waals surface area contributed by atoms with Crippen LogP contribution >= 0.6 is 0 Å². The predicted molar refractivity (Wildman–Crippen MR) is 114 cm³/mol. The van der Waals surface area contributed by atoms with E-state index in [0.29, 0.717) is 11.3 Å². The number of rotatable bonds is 5. The van der Waals surface area contributed by atoms with E-state index in [1.54, 1.807) is 0 Å². The molecule has 2 aromatic rings. The molecule has 2 amide bonds. The summed E-state index contributed by atoms with van der Waals surface area (Å²) in [5.74, 6) is -0.630. The van der Waals surface area contributed by atoms with Gasteiger partial charge in [-0.05, 0) is 55.3 Å². The smallest absolute Gasteiger partial charge is 0.255 e. The first-order valence-corrected chi connectivity index (χ1v) is 11.4. The highest BCUT2D eigenvalue weighted by molar-refractivity contribution is 7.89. The van der Waals surface area contributed by atoms with Crippen LogP contribution in [0.15, 0.2) is 47.4 Å². The molecule has 8 nitrogen and oxygen atoms in total. The number of benzene rings is 2. The molecule has 2 heterocycles. The standard InChI is InChI=1S/C21H24N4O4S/c1-2-24-11-9-15-3-6-17(13-19(15)24)23-21(27)16-4-7-18(8-5-16)30(28,29)25-12-10-22-20(26)14-25/h3-8,13H,2,9-12,14H2,1H3,(H,22,26)(H,23,27). The number of carbonyl (C=O) groups excluding carboxylic acids is 2. The Balaban J connectivity index is 1.48. The highest BCUT2D eigenvalue weighted by Gasteiger charge is 2.29. The largest absolute Gasteiger partial charge is 0.371 e. The molecule has 9 heteroatoms. The number of anilines is 2. The molecule has 2 N–H and O–H groups in total. The van der Waals surface area contributed by atoms with Gasteiger partial charge in [0.1, 0.15) is 0 Å². The second-order valence-electron chi connectivity index (χ2n) is 7.34. The molecule has 1 fully saturated rings. The van der Waals surface area contributed by atoms with E-state index in [1.165, 1.54) is 29.8 Å². The van der Waals surface area contributed by atoms with Crippen molar-refractivity contribution in [2.45, 2.75) is 18.2 Å². The van der Waals surface area contributed by atoms with Crippen molar-refractivity contribution in [3.8, 4) is 0 Å². The van der Waals surface area contributed by atoms with Gasteiger partial charge in [-0.25, -0.2) is 8.42 Å². The van der Waals surface area contributed by atoms with E-state index >= 15 is 0 Å². The molecule has 0 spiro atoms. The molecule has 0 unspecified atom stereocenters. The molecule has 0 bridgehead atoms. The fourth-order valence-corrected chi connectivity index (χ4v) is 5.20. The van der Waals surface area contributed by atoms with E-state index in [2.05, 4.69) is 22.5 Å². The van der Waals surface area contributed by atoms with Crippen molar-refractivity contribution < 1.29 is 18.0 Å². The van der Waals surface area contributed by atoms with E-state index in [1.807, 2.05) is 18.2 Å². The zero-order valence-corrected chi connectivity index (χ0v) is 17.5. The summed E-state index contributed by atoms with van der Waals surface area (Å²) >= 11 is 0. The summed E-state index contributed by atoms with van der Waals surface area (Å²) in [7, 11) is -3.78. The monoisotopic (exact) mass is 428 g/mol. The third-order valence-electron chi connectivity index (χ3n) is 5.47. The Morgan fingerprint density at radius 1 is 1.13 bits per heavy atom. The molecule has 2 aliphatic heterocycles. The third kappa shape index (κ3) is 3.90. The maximum absolute atomic E-state index is 12.7. The summed E-state index contributed by atoms with van der Waals surface area (Å²) in [5.41, 5.74) is 3.48. The zero-order valence-electron chi connectivity index (χ0n) is 16.7. The Bertz CT molecular complexity index is 1080. The molecule has 4 rings (SSSR count). The lowest BCUT2D eigenvalue weighted by Crippen LogP contribution is -2.49. The molecule has 158 valence electrons. The van der Waals surface area contributed by atoms with Crippen molar-refractivity contribution in [1.29, 1.82) is 0 Å². The number of carbonyl (C=O) groups is 2. The summed E-state index contributed by atoms with van der Waals surface area (Å²) in [6.07, 6.45) is 1.01. The van der Waals surface area contributed by atoms with Gasteiger partial charge in [-0.1, -0.05) is 6.07 Å². The summed E-state index contributed by atoms with van der Waals surface area (Å²) < 4.78 is 26.6. The number of hydrogen-bond donors (Lipinski definition) is 2. The number of likely N-dealkylation sites (N-methyl/N-ethyl adjacent to an activating group) is 1. The SMILES string of the molecule is CCN1CCc2ccc(NC(=O)c3ccc(S(=O)(=O)N4CCNC(=O)C4)cc3)cc21. The van der Waals surface area contributed by atoms with Gasteiger partial charge in [0, 0.05) is 43.1 Å². The average molecular weight is 429 g/mol. The second kappa shape index (κ2) is 8.08. The maximum atomic E-state index is 12.7. The van der Waals surface area contributed by atoms with Gasteiger partial charge < -0.3 is 15.5 Å². The van der Waals surface area contributed by atoms with E-state index in [0.717, 1.165) is 29.5 Å². The Hall–Kier alpha value is -2.91. The molecule has 30 heavy (non-hydrogen) atoms. The molecule has 0 radical (unpaired) electrons. The minimum atomic E-state index is -3.78. The van der Waals surface area contributed by atoms with Crippen LogP contribution < -0.4 is 15.5 Å². The van der Waals surface area contributed by atoms with Crippen LogP contribution in [-0.4, -0.2) is 57.3 Å². The summed E-state index contributed by atoms with van der Waals surface area (Å²) in [6, 6.07) is 11.7. The number of amides is 2. The Labute approximate surface area is 175 Å². The lowest BCUT2D eigenvalue weighted by atomic mass is 10.1. The van der Waals surface area contributed by atoms with Crippen molar-refractivity contribution in [2.75, 3.05) is 42.9 Å². The first-order valence-electron chi connectivity index (χ1n) is 9.94. The summed E-state index contributed by atoms with van der Waals surface area (Å²) in [4.78, 5) is 26.5. The van der Waals surface area contributed by atoms with E-state index in [4.69, 9.17) is 0 Å². The topological polar surface area (TPSA) is 98.8 Å². The lowest BCUT2D eigenvalue weighted by Gasteiger charge is -2.25. The number of sulfonamides is 1. The Morgan fingerprint density at radius 3 is 2.60 bits per heavy atom. The number of hydrogen-bond acceptors (Lipinski definition) is 5.